The van der Waals surface area contributed by atoms with E-state index in [0.29, 0.717) is 22.1 Å². The van der Waals surface area contributed by atoms with Gasteiger partial charge in [0, 0.05) is 29.7 Å². The number of rotatable bonds is 7. The maximum atomic E-state index is 12.9. The Morgan fingerprint density at radius 3 is 2.38 bits per heavy atom. The van der Waals surface area contributed by atoms with Crippen LogP contribution in [-0.4, -0.2) is 35.3 Å². The Morgan fingerprint density at radius 2 is 1.79 bits per heavy atom. The van der Waals surface area contributed by atoms with Crippen LogP contribution in [0.1, 0.15) is 19.7 Å². The predicted molar refractivity (Wildman–Crippen MR) is 109 cm³/mol. The van der Waals surface area contributed by atoms with E-state index in [9.17, 15) is 13.2 Å². The highest BCUT2D eigenvalue weighted by Gasteiger charge is 2.25. The highest BCUT2D eigenvalue weighted by molar-refractivity contribution is 7.89. The minimum Gasteiger partial charge on any atom is -0.338 e. The normalized spacial score (nSPS) is 11.6. The molecule has 0 aliphatic heterocycles. The molecule has 0 bridgehead atoms. The van der Waals surface area contributed by atoms with Gasteiger partial charge in [0.2, 0.25) is 27.6 Å². The predicted octanol–water partition coefficient (Wildman–Crippen LogP) is 3.56. The standard InChI is InChI=1S/C19H19ClN4O4S/c1-3-24(29(26,27)17-10-8-16(9-11-17)21-13(2)25)12-18-22-19(23-28-18)14-4-6-15(20)7-5-14/h4-11H,3,12H2,1-2H3,(H,21,25). The number of anilines is 1. The molecule has 152 valence electrons. The molecule has 0 atom stereocenters. The summed E-state index contributed by atoms with van der Waals surface area (Å²) in [6, 6.07) is 12.9. The van der Waals surface area contributed by atoms with Crippen LogP contribution in [0.3, 0.4) is 0 Å². The first kappa shape index (κ1) is 21.0. The lowest BCUT2D eigenvalue weighted by molar-refractivity contribution is -0.114. The van der Waals surface area contributed by atoms with Crippen molar-refractivity contribution in [3.05, 3.63) is 59.4 Å². The van der Waals surface area contributed by atoms with E-state index in [2.05, 4.69) is 15.5 Å². The molecule has 10 heteroatoms. The number of sulfonamides is 1. The Hall–Kier alpha value is -2.75. The Morgan fingerprint density at radius 1 is 1.14 bits per heavy atom. The summed E-state index contributed by atoms with van der Waals surface area (Å²) >= 11 is 5.88. The van der Waals surface area contributed by atoms with Crippen LogP contribution >= 0.6 is 11.6 Å². The fraction of sp³-hybridized carbons (Fsp3) is 0.211. The first-order valence-electron chi connectivity index (χ1n) is 8.76. The number of carbonyl (C=O) groups excluding carboxylic acids is 1. The van der Waals surface area contributed by atoms with E-state index < -0.39 is 10.0 Å². The monoisotopic (exact) mass is 434 g/mol. The molecule has 3 rings (SSSR count). The molecule has 0 fully saturated rings. The van der Waals surface area contributed by atoms with Gasteiger partial charge in [-0.25, -0.2) is 8.42 Å². The SMILES string of the molecule is CCN(Cc1nc(-c2ccc(Cl)cc2)no1)S(=O)(=O)c1ccc(NC(C)=O)cc1. The van der Waals surface area contributed by atoms with Crippen molar-refractivity contribution in [2.75, 3.05) is 11.9 Å². The molecule has 1 heterocycles. The van der Waals surface area contributed by atoms with E-state index >= 15 is 0 Å². The zero-order chi connectivity index (χ0) is 21.0. The van der Waals surface area contributed by atoms with Gasteiger partial charge in [0.1, 0.15) is 0 Å². The van der Waals surface area contributed by atoms with Gasteiger partial charge in [-0.05, 0) is 48.5 Å². The van der Waals surface area contributed by atoms with Crippen LogP contribution in [0.25, 0.3) is 11.4 Å². The summed E-state index contributed by atoms with van der Waals surface area (Å²) in [6.45, 7) is 3.26. The fourth-order valence-electron chi connectivity index (χ4n) is 2.62. The highest BCUT2D eigenvalue weighted by Crippen LogP contribution is 2.22. The van der Waals surface area contributed by atoms with Crippen molar-refractivity contribution >= 4 is 33.2 Å². The molecule has 0 aliphatic carbocycles. The van der Waals surface area contributed by atoms with E-state index in [4.69, 9.17) is 16.1 Å². The van der Waals surface area contributed by atoms with Gasteiger partial charge in [0.05, 0.1) is 11.4 Å². The zero-order valence-corrected chi connectivity index (χ0v) is 17.4. The number of benzene rings is 2. The van der Waals surface area contributed by atoms with Crippen molar-refractivity contribution in [1.82, 2.24) is 14.4 Å². The van der Waals surface area contributed by atoms with E-state index in [1.807, 2.05) is 0 Å². The van der Waals surface area contributed by atoms with Crippen molar-refractivity contribution < 1.29 is 17.7 Å². The second-order valence-electron chi connectivity index (χ2n) is 6.16. The molecule has 1 N–H and O–H groups in total. The molecule has 1 amide bonds. The maximum Gasteiger partial charge on any atom is 0.243 e. The second kappa shape index (κ2) is 8.73. The number of amides is 1. The lowest BCUT2D eigenvalue weighted by Crippen LogP contribution is -2.30. The average molecular weight is 435 g/mol. The lowest BCUT2D eigenvalue weighted by atomic mass is 10.2. The first-order valence-corrected chi connectivity index (χ1v) is 10.6. The molecule has 1 aromatic heterocycles. The van der Waals surface area contributed by atoms with Gasteiger partial charge >= 0.3 is 0 Å². The van der Waals surface area contributed by atoms with Crippen molar-refractivity contribution in [3.8, 4) is 11.4 Å². The summed E-state index contributed by atoms with van der Waals surface area (Å²) in [5.41, 5.74) is 1.23. The molecular weight excluding hydrogens is 416 g/mol. The third-order valence-corrected chi connectivity index (χ3v) is 6.23. The van der Waals surface area contributed by atoms with Crippen molar-refractivity contribution in [2.24, 2.45) is 0 Å². The van der Waals surface area contributed by atoms with Gasteiger partial charge in [-0.15, -0.1) is 0 Å². The molecule has 29 heavy (non-hydrogen) atoms. The number of aromatic nitrogens is 2. The molecule has 0 aliphatic rings. The van der Waals surface area contributed by atoms with E-state index in [0.717, 1.165) is 0 Å². The summed E-state index contributed by atoms with van der Waals surface area (Å²) in [5, 5.41) is 7.09. The van der Waals surface area contributed by atoms with Crippen molar-refractivity contribution in [3.63, 3.8) is 0 Å². The van der Waals surface area contributed by atoms with Gasteiger partial charge in [-0.1, -0.05) is 23.7 Å². The molecule has 0 saturated heterocycles. The van der Waals surface area contributed by atoms with Crippen LogP contribution in [-0.2, 0) is 21.4 Å². The smallest absolute Gasteiger partial charge is 0.243 e. The van der Waals surface area contributed by atoms with E-state index in [-0.39, 0.29) is 29.8 Å². The topological polar surface area (TPSA) is 105 Å². The quantitative estimate of drug-likeness (QED) is 0.609. The van der Waals surface area contributed by atoms with Crippen molar-refractivity contribution in [1.29, 1.82) is 0 Å². The second-order valence-corrected chi connectivity index (χ2v) is 8.53. The highest BCUT2D eigenvalue weighted by atomic mass is 35.5. The van der Waals surface area contributed by atoms with Gasteiger partial charge in [-0.2, -0.15) is 9.29 Å². The molecular formula is C19H19ClN4O4S. The summed E-state index contributed by atoms with van der Waals surface area (Å²) in [5.74, 6) is 0.295. The Labute approximate surface area is 173 Å². The number of halogens is 1. The molecule has 0 radical (unpaired) electrons. The summed E-state index contributed by atoms with van der Waals surface area (Å²) in [4.78, 5) is 15.5. The third kappa shape index (κ3) is 5.00. The van der Waals surface area contributed by atoms with Gasteiger partial charge in [0.25, 0.3) is 0 Å². The number of hydrogen-bond donors (Lipinski definition) is 1. The number of hydrogen-bond acceptors (Lipinski definition) is 6. The van der Waals surface area contributed by atoms with Crippen LogP contribution in [0, 0.1) is 0 Å². The van der Waals surface area contributed by atoms with E-state index in [1.165, 1.54) is 35.5 Å². The molecule has 0 spiro atoms. The van der Waals surface area contributed by atoms with Crippen LogP contribution in [0.4, 0.5) is 5.69 Å². The van der Waals surface area contributed by atoms with Crippen LogP contribution < -0.4 is 5.32 Å². The van der Waals surface area contributed by atoms with Gasteiger partial charge in [0.15, 0.2) is 0 Å². The first-order chi connectivity index (χ1) is 13.8. The van der Waals surface area contributed by atoms with Crippen molar-refractivity contribution in [2.45, 2.75) is 25.3 Å². The number of carbonyl (C=O) groups is 1. The Kier molecular flexibility index (Phi) is 6.31. The van der Waals surface area contributed by atoms with E-state index in [1.54, 1.807) is 31.2 Å². The average Bonchev–Trinajstić information content (AvgIpc) is 3.15. The maximum absolute atomic E-state index is 12.9. The van der Waals surface area contributed by atoms with Gasteiger partial charge in [-0.3, -0.25) is 4.79 Å². The molecule has 2 aromatic carbocycles. The fourth-order valence-corrected chi connectivity index (χ4v) is 4.14. The van der Waals surface area contributed by atoms with Crippen LogP contribution in [0.5, 0.6) is 0 Å². The summed E-state index contributed by atoms with van der Waals surface area (Å²) < 4.78 is 32.4. The van der Waals surface area contributed by atoms with Gasteiger partial charge < -0.3 is 9.84 Å². The Bertz CT molecular complexity index is 1100. The minimum atomic E-state index is -3.78. The summed E-state index contributed by atoms with van der Waals surface area (Å²) in [7, 11) is -3.78. The number of nitrogens with zero attached hydrogens (tertiary/aromatic N) is 3. The molecule has 3 aromatic rings. The minimum absolute atomic E-state index is 0.0626. The van der Waals surface area contributed by atoms with Crippen LogP contribution in [0.2, 0.25) is 5.02 Å². The summed E-state index contributed by atoms with van der Waals surface area (Å²) in [6.07, 6.45) is 0. The number of nitrogens with one attached hydrogen (secondary N) is 1. The zero-order valence-electron chi connectivity index (χ0n) is 15.8. The lowest BCUT2D eigenvalue weighted by Gasteiger charge is -2.18. The van der Waals surface area contributed by atoms with Crippen LogP contribution in [0.15, 0.2) is 57.9 Å². The molecule has 0 saturated carbocycles. The largest absolute Gasteiger partial charge is 0.338 e. The molecule has 0 unspecified atom stereocenters. The third-order valence-electron chi connectivity index (χ3n) is 4.05. The Balaban J connectivity index is 1.78. The molecule has 8 nitrogen and oxygen atoms in total.